The van der Waals surface area contributed by atoms with Crippen LogP contribution in [0.4, 0.5) is 5.00 Å². The Morgan fingerprint density at radius 2 is 2.26 bits per heavy atom. The van der Waals surface area contributed by atoms with Gasteiger partial charge in [0.15, 0.2) is 12.4 Å². The van der Waals surface area contributed by atoms with Gasteiger partial charge in [-0.25, -0.2) is 4.98 Å². The van der Waals surface area contributed by atoms with E-state index in [2.05, 4.69) is 4.98 Å². The third kappa shape index (κ3) is 4.43. The second-order valence-electron chi connectivity index (χ2n) is 5.03. The van der Waals surface area contributed by atoms with E-state index in [1.807, 2.05) is 19.9 Å². The minimum atomic E-state index is -0.991. The van der Waals surface area contributed by atoms with E-state index in [9.17, 15) is 14.6 Å². The number of thiazole rings is 1. The van der Waals surface area contributed by atoms with E-state index < -0.39 is 11.2 Å². The number of anilines is 1. The lowest BCUT2D eigenvalue weighted by atomic mass is 10.3. The van der Waals surface area contributed by atoms with E-state index in [-0.39, 0.29) is 12.3 Å². The first-order valence-electron chi connectivity index (χ1n) is 7.19. The highest BCUT2D eigenvalue weighted by Crippen LogP contribution is 2.34. The molecule has 0 aliphatic rings. The molecule has 0 aliphatic heterocycles. The molecule has 0 spiro atoms. The molecular weight excluding hydrogens is 334 g/mol. The molecule has 124 valence electrons. The number of aromatic nitrogens is 2. The number of carbonyl (C=O) groups excluding carboxylic acids is 1. The molecule has 2 rings (SSSR count). The van der Waals surface area contributed by atoms with Crippen molar-refractivity contribution in [1.82, 2.24) is 4.98 Å². The summed E-state index contributed by atoms with van der Waals surface area (Å²) in [4.78, 5) is 18.5. The van der Waals surface area contributed by atoms with Gasteiger partial charge in [-0.05, 0) is 19.9 Å². The molecule has 2 aromatic rings. The Balaban J connectivity index is 2.26. The largest absolute Gasteiger partial charge is 0.619 e. The number of amides is 1. The lowest BCUT2D eigenvalue weighted by Crippen LogP contribution is -2.31. The van der Waals surface area contributed by atoms with Gasteiger partial charge < -0.3 is 14.7 Å². The van der Waals surface area contributed by atoms with Crippen molar-refractivity contribution in [3.8, 4) is 10.6 Å². The van der Waals surface area contributed by atoms with Crippen LogP contribution in [-0.4, -0.2) is 34.0 Å². The molecule has 0 N–H and O–H groups in total. The topological polar surface area (TPSA) is 83.2 Å². The van der Waals surface area contributed by atoms with E-state index >= 15 is 0 Å². The standard InChI is InChI=1S/C15H19N3O3S2/c1-4-18(13(19)7-9-23(3)21)15-11(2)16-14(22-15)12-6-5-8-17(20)10-12/h5-6,8,10H,4,7,9H2,1-3H3. The number of rotatable bonds is 6. The molecule has 8 heteroatoms. The first kappa shape index (κ1) is 17.7. The molecule has 23 heavy (non-hydrogen) atoms. The van der Waals surface area contributed by atoms with Gasteiger partial charge in [0.1, 0.15) is 15.8 Å². The van der Waals surface area contributed by atoms with Gasteiger partial charge in [-0.15, -0.1) is 0 Å². The maximum absolute atomic E-state index is 12.3. The molecule has 0 radical (unpaired) electrons. The fourth-order valence-corrected chi connectivity index (χ4v) is 3.74. The molecule has 2 heterocycles. The summed E-state index contributed by atoms with van der Waals surface area (Å²) in [5.41, 5.74) is 1.47. The molecule has 1 atom stereocenters. The van der Waals surface area contributed by atoms with Crippen LogP contribution in [0.25, 0.3) is 10.6 Å². The van der Waals surface area contributed by atoms with Gasteiger partial charge in [0.25, 0.3) is 0 Å². The minimum absolute atomic E-state index is 0.0621. The number of hydrogen-bond donors (Lipinski definition) is 0. The molecule has 0 aliphatic carbocycles. The third-order valence-corrected chi connectivity index (χ3v) is 5.27. The molecule has 1 unspecified atom stereocenters. The van der Waals surface area contributed by atoms with Gasteiger partial charge in [0.2, 0.25) is 5.91 Å². The van der Waals surface area contributed by atoms with Crippen molar-refractivity contribution in [3.63, 3.8) is 0 Å². The second-order valence-corrected chi connectivity index (χ2v) is 7.56. The maximum atomic E-state index is 12.3. The van der Waals surface area contributed by atoms with Crippen LogP contribution in [0, 0.1) is 12.1 Å². The Morgan fingerprint density at radius 1 is 1.52 bits per heavy atom. The number of nitrogens with zero attached hydrogens (tertiary/aromatic N) is 3. The summed E-state index contributed by atoms with van der Waals surface area (Å²) in [6, 6.07) is 3.48. The summed E-state index contributed by atoms with van der Waals surface area (Å²) in [6.45, 7) is 4.26. The zero-order valence-corrected chi connectivity index (χ0v) is 14.9. The van der Waals surface area contributed by atoms with Crippen molar-refractivity contribution in [2.45, 2.75) is 20.3 Å². The van der Waals surface area contributed by atoms with E-state index in [4.69, 9.17) is 0 Å². The Labute approximate surface area is 142 Å². The monoisotopic (exact) mass is 353 g/mol. The van der Waals surface area contributed by atoms with E-state index in [0.717, 1.165) is 21.0 Å². The molecular formula is C15H19N3O3S2. The van der Waals surface area contributed by atoms with E-state index in [1.54, 1.807) is 17.2 Å². The van der Waals surface area contributed by atoms with Gasteiger partial charge in [0, 0.05) is 12.6 Å². The van der Waals surface area contributed by atoms with Gasteiger partial charge in [-0.3, -0.25) is 4.79 Å². The molecule has 1 amide bonds. The van der Waals surface area contributed by atoms with Crippen molar-refractivity contribution in [1.29, 1.82) is 0 Å². The summed E-state index contributed by atoms with van der Waals surface area (Å²) in [7, 11) is 0. The average Bonchev–Trinajstić information content (AvgIpc) is 2.88. The van der Waals surface area contributed by atoms with Crippen LogP contribution in [0.15, 0.2) is 24.5 Å². The highest BCUT2D eigenvalue weighted by Gasteiger charge is 2.21. The SMILES string of the molecule is CCN(C(=O)CC[S+](C)[O-])c1sc(-c2ccc[n+]([O-])c2)nc1C. The molecule has 0 aromatic carbocycles. The summed E-state index contributed by atoms with van der Waals surface area (Å²) in [5.74, 6) is 0.294. The number of aryl methyl sites for hydroxylation is 1. The van der Waals surface area contributed by atoms with Crippen molar-refractivity contribution in [3.05, 3.63) is 35.4 Å². The van der Waals surface area contributed by atoms with Crippen LogP contribution in [0.3, 0.4) is 0 Å². The van der Waals surface area contributed by atoms with Crippen LogP contribution in [0.5, 0.6) is 0 Å². The normalized spacial score (nSPS) is 12.2. The van der Waals surface area contributed by atoms with Crippen molar-refractivity contribution in [2.24, 2.45) is 0 Å². The summed E-state index contributed by atoms with van der Waals surface area (Å²) < 4.78 is 11.9. The molecule has 0 saturated carbocycles. The highest BCUT2D eigenvalue weighted by atomic mass is 32.2. The number of pyridine rings is 1. The van der Waals surface area contributed by atoms with Crippen LogP contribution in [0.2, 0.25) is 0 Å². The fourth-order valence-electron chi connectivity index (χ4n) is 2.14. The summed E-state index contributed by atoms with van der Waals surface area (Å²) in [5, 5.41) is 12.9. The summed E-state index contributed by atoms with van der Waals surface area (Å²) in [6.07, 6.45) is 4.71. The Hall–Kier alpha value is -1.64. The first-order valence-corrected chi connectivity index (χ1v) is 9.73. The fraction of sp³-hybridized carbons (Fsp3) is 0.400. The number of hydrogen-bond acceptors (Lipinski definition) is 5. The highest BCUT2D eigenvalue weighted by molar-refractivity contribution is 7.90. The lowest BCUT2D eigenvalue weighted by Gasteiger charge is -2.19. The lowest BCUT2D eigenvalue weighted by molar-refractivity contribution is -0.604. The van der Waals surface area contributed by atoms with Crippen LogP contribution >= 0.6 is 11.3 Å². The van der Waals surface area contributed by atoms with Crippen molar-refractivity contribution >= 4 is 33.4 Å². The molecule has 2 aromatic heterocycles. The molecule has 0 saturated heterocycles. The Morgan fingerprint density at radius 3 is 2.87 bits per heavy atom. The molecule has 0 fully saturated rings. The minimum Gasteiger partial charge on any atom is -0.619 e. The van der Waals surface area contributed by atoms with E-state index in [0.29, 0.717) is 17.3 Å². The maximum Gasteiger partial charge on any atom is 0.232 e. The molecule has 0 bridgehead atoms. The number of carbonyl (C=O) groups is 1. The Kier molecular flexibility index (Phi) is 5.97. The third-order valence-electron chi connectivity index (χ3n) is 3.26. The second kappa shape index (κ2) is 7.76. The smallest absolute Gasteiger partial charge is 0.232 e. The van der Waals surface area contributed by atoms with Gasteiger partial charge in [-0.1, -0.05) is 22.5 Å². The van der Waals surface area contributed by atoms with E-state index in [1.165, 1.54) is 23.7 Å². The van der Waals surface area contributed by atoms with Crippen molar-refractivity contribution < 1.29 is 14.1 Å². The first-order chi connectivity index (χ1) is 10.9. The van der Waals surface area contributed by atoms with Crippen LogP contribution < -0.4 is 9.63 Å². The van der Waals surface area contributed by atoms with Crippen LogP contribution in [-0.2, 0) is 16.0 Å². The average molecular weight is 353 g/mol. The predicted octanol–water partition coefficient (Wildman–Crippen LogP) is 1.87. The van der Waals surface area contributed by atoms with Gasteiger partial charge in [0.05, 0.1) is 23.9 Å². The van der Waals surface area contributed by atoms with Crippen molar-refractivity contribution in [2.75, 3.05) is 23.5 Å². The van der Waals surface area contributed by atoms with Gasteiger partial charge in [-0.2, -0.15) is 4.73 Å². The molecule has 6 nitrogen and oxygen atoms in total. The quantitative estimate of drug-likeness (QED) is 0.451. The predicted molar refractivity (Wildman–Crippen MR) is 92.8 cm³/mol. The van der Waals surface area contributed by atoms with Crippen LogP contribution in [0.1, 0.15) is 19.0 Å². The zero-order chi connectivity index (χ0) is 17.0. The zero-order valence-electron chi connectivity index (χ0n) is 13.3. The Bertz CT molecular complexity index is 688. The summed E-state index contributed by atoms with van der Waals surface area (Å²) >= 11 is 0.392. The van der Waals surface area contributed by atoms with Gasteiger partial charge >= 0.3 is 0 Å².